The minimum Gasteiger partial charge on any atom is -0.490 e. The highest BCUT2D eigenvalue weighted by Gasteiger charge is 2.16. The van der Waals surface area contributed by atoms with Crippen molar-refractivity contribution in [3.05, 3.63) is 29.8 Å². The monoisotopic (exact) mass is 437 g/mol. The number of halogens is 2. The van der Waals surface area contributed by atoms with E-state index in [1.807, 2.05) is 19.1 Å². The molecule has 0 spiro atoms. The van der Waals surface area contributed by atoms with E-state index in [2.05, 4.69) is 0 Å². The number of primary sulfonamides is 1. The topological polar surface area (TPSA) is 78.6 Å². The van der Waals surface area contributed by atoms with Crippen molar-refractivity contribution in [1.82, 2.24) is 0 Å². The number of ether oxygens (including phenoxy) is 2. The molecular formula is C17H21Cl2NO4S2. The molecule has 0 atom stereocenters. The summed E-state index contributed by atoms with van der Waals surface area (Å²) in [6, 6.07) is 6.99. The number of hydrogen-bond acceptors (Lipinski definition) is 5. The lowest BCUT2D eigenvalue weighted by Gasteiger charge is -2.15. The summed E-state index contributed by atoms with van der Waals surface area (Å²) in [6.07, 6.45) is 1.44. The highest BCUT2D eigenvalue weighted by molar-refractivity contribution is 7.91. The minimum absolute atomic E-state index is 0.124. The summed E-state index contributed by atoms with van der Waals surface area (Å²) in [5, 5.41) is 5.20. The minimum atomic E-state index is -3.72. The van der Waals surface area contributed by atoms with Gasteiger partial charge >= 0.3 is 0 Å². The highest BCUT2D eigenvalue weighted by Crippen LogP contribution is 2.39. The number of alkyl halides is 2. The van der Waals surface area contributed by atoms with Gasteiger partial charge in [0.2, 0.25) is 10.0 Å². The predicted molar refractivity (Wildman–Crippen MR) is 108 cm³/mol. The fourth-order valence-corrected chi connectivity index (χ4v) is 4.27. The van der Waals surface area contributed by atoms with Crippen molar-refractivity contribution in [3.8, 4) is 21.9 Å². The first-order valence-corrected chi connectivity index (χ1v) is 11.4. The third kappa shape index (κ3) is 5.76. The quantitative estimate of drug-likeness (QED) is 0.441. The van der Waals surface area contributed by atoms with Crippen molar-refractivity contribution in [2.45, 2.75) is 24.0 Å². The smallest absolute Gasteiger partial charge is 0.247 e. The predicted octanol–water partition coefficient (Wildman–Crippen LogP) is 4.39. The Morgan fingerprint density at radius 1 is 1.04 bits per heavy atom. The molecule has 26 heavy (non-hydrogen) atoms. The molecule has 1 heterocycles. The second kappa shape index (κ2) is 9.80. The van der Waals surface area contributed by atoms with Crippen LogP contribution in [0.25, 0.3) is 10.4 Å². The first-order valence-electron chi connectivity index (χ1n) is 8.02. The summed E-state index contributed by atoms with van der Waals surface area (Å²) in [5.41, 5.74) is 1.81. The maximum Gasteiger partial charge on any atom is 0.247 e. The molecule has 2 N–H and O–H groups in total. The maximum absolute atomic E-state index is 11.5. The SMILES string of the molecule is Cc1cc(OCCCCl)c(OCCCCl)cc1-c1ccc(S(N)(=O)=O)s1. The second-order valence-electron chi connectivity index (χ2n) is 5.56. The summed E-state index contributed by atoms with van der Waals surface area (Å²) < 4.78 is 34.8. The average molecular weight is 438 g/mol. The fraction of sp³-hybridized carbons (Fsp3) is 0.412. The standard InChI is InChI=1S/C17H21Cl2NO4S2/c1-12-10-14(23-8-2-6-18)15(24-9-3-7-19)11-13(12)16-4-5-17(25-16)26(20,21)22/h4-5,10-11H,2-3,6-9H2,1H3,(H2,20,21,22). The molecule has 0 fully saturated rings. The van der Waals surface area contributed by atoms with Gasteiger partial charge in [0.1, 0.15) is 4.21 Å². The van der Waals surface area contributed by atoms with E-state index >= 15 is 0 Å². The van der Waals surface area contributed by atoms with Crippen LogP contribution in [0, 0.1) is 6.92 Å². The highest BCUT2D eigenvalue weighted by atomic mass is 35.5. The van der Waals surface area contributed by atoms with E-state index in [1.165, 1.54) is 6.07 Å². The van der Waals surface area contributed by atoms with Crippen molar-refractivity contribution in [2.75, 3.05) is 25.0 Å². The van der Waals surface area contributed by atoms with Gasteiger partial charge in [-0.05, 0) is 55.2 Å². The molecule has 0 radical (unpaired) electrons. The molecule has 0 aliphatic carbocycles. The van der Waals surface area contributed by atoms with Crippen LogP contribution in [-0.2, 0) is 10.0 Å². The Balaban J connectivity index is 2.36. The number of rotatable bonds is 10. The summed E-state index contributed by atoms with van der Waals surface area (Å²) >= 11 is 12.5. The maximum atomic E-state index is 11.5. The van der Waals surface area contributed by atoms with Gasteiger partial charge in [0.15, 0.2) is 11.5 Å². The van der Waals surface area contributed by atoms with Crippen LogP contribution < -0.4 is 14.6 Å². The molecule has 1 aromatic carbocycles. The van der Waals surface area contributed by atoms with Gasteiger partial charge < -0.3 is 9.47 Å². The van der Waals surface area contributed by atoms with Gasteiger partial charge in [-0.25, -0.2) is 13.6 Å². The number of sulfonamides is 1. The first-order chi connectivity index (χ1) is 12.4. The van der Waals surface area contributed by atoms with Crippen LogP contribution in [0.3, 0.4) is 0 Å². The molecule has 0 bridgehead atoms. The van der Waals surface area contributed by atoms with E-state index in [0.717, 1.165) is 33.8 Å². The van der Waals surface area contributed by atoms with Gasteiger partial charge in [-0.3, -0.25) is 0 Å². The largest absolute Gasteiger partial charge is 0.490 e. The Morgan fingerprint density at radius 3 is 2.12 bits per heavy atom. The summed E-state index contributed by atoms with van der Waals surface area (Å²) in [7, 11) is -3.72. The number of benzene rings is 1. The summed E-state index contributed by atoms with van der Waals surface area (Å²) in [6.45, 7) is 2.89. The van der Waals surface area contributed by atoms with Gasteiger partial charge in [0.25, 0.3) is 0 Å². The van der Waals surface area contributed by atoms with Gasteiger partial charge in [0.05, 0.1) is 13.2 Å². The zero-order valence-electron chi connectivity index (χ0n) is 14.3. The number of aryl methyl sites for hydroxylation is 1. The van der Waals surface area contributed by atoms with E-state index in [-0.39, 0.29) is 4.21 Å². The Labute approximate surface area is 168 Å². The Bertz CT molecular complexity index is 837. The van der Waals surface area contributed by atoms with E-state index < -0.39 is 10.0 Å². The van der Waals surface area contributed by atoms with Crippen molar-refractivity contribution in [1.29, 1.82) is 0 Å². The zero-order chi connectivity index (χ0) is 19.2. The van der Waals surface area contributed by atoms with Crippen LogP contribution in [-0.4, -0.2) is 33.4 Å². The number of thiophene rings is 1. The lowest BCUT2D eigenvalue weighted by atomic mass is 10.1. The van der Waals surface area contributed by atoms with Crippen molar-refractivity contribution < 1.29 is 17.9 Å². The fourth-order valence-electron chi connectivity index (χ4n) is 2.24. The van der Waals surface area contributed by atoms with Crippen LogP contribution in [0.2, 0.25) is 0 Å². The van der Waals surface area contributed by atoms with E-state index in [4.69, 9.17) is 37.8 Å². The molecule has 0 aliphatic heterocycles. The van der Waals surface area contributed by atoms with E-state index in [0.29, 0.717) is 42.9 Å². The van der Waals surface area contributed by atoms with Crippen molar-refractivity contribution >= 4 is 44.6 Å². The molecule has 5 nitrogen and oxygen atoms in total. The van der Waals surface area contributed by atoms with Gasteiger partial charge in [-0.2, -0.15) is 0 Å². The van der Waals surface area contributed by atoms with Crippen molar-refractivity contribution in [2.24, 2.45) is 5.14 Å². The van der Waals surface area contributed by atoms with Crippen LogP contribution in [0.4, 0.5) is 0 Å². The molecule has 0 saturated heterocycles. The Hall–Kier alpha value is -0.990. The average Bonchev–Trinajstić information content (AvgIpc) is 3.07. The molecule has 2 rings (SSSR count). The van der Waals surface area contributed by atoms with Crippen LogP contribution in [0.5, 0.6) is 11.5 Å². The van der Waals surface area contributed by atoms with Crippen LogP contribution in [0.15, 0.2) is 28.5 Å². The summed E-state index contributed by atoms with van der Waals surface area (Å²) in [5.74, 6) is 2.25. The molecular weight excluding hydrogens is 417 g/mol. The normalized spacial score (nSPS) is 11.5. The van der Waals surface area contributed by atoms with Gasteiger partial charge in [-0.1, -0.05) is 0 Å². The zero-order valence-corrected chi connectivity index (χ0v) is 17.5. The summed E-state index contributed by atoms with van der Waals surface area (Å²) in [4.78, 5) is 0.793. The Kier molecular flexibility index (Phi) is 8.04. The number of nitrogens with two attached hydrogens (primary N) is 1. The molecule has 1 aromatic heterocycles. The molecule has 0 saturated carbocycles. The lowest BCUT2D eigenvalue weighted by Crippen LogP contribution is -2.09. The Morgan fingerprint density at radius 2 is 1.62 bits per heavy atom. The third-order valence-electron chi connectivity index (χ3n) is 3.49. The number of hydrogen-bond donors (Lipinski definition) is 1. The second-order valence-corrected chi connectivity index (χ2v) is 9.19. The molecule has 2 aromatic rings. The molecule has 9 heteroatoms. The lowest BCUT2D eigenvalue weighted by molar-refractivity contribution is 0.269. The molecule has 0 unspecified atom stereocenters. The van der Waals surface area contributed by atoms with Crippen LogP contribution >= 0.6 is 34.5 Å². The van der Waals surface area contributed by atoms with Crippen molar-refractivity contribution in [3.63, 3.8) is 0 Å². The first kappa shape index (κ1) is 21.3. The van der Waals surface area contributed by atoms with Gasteiger partial charge in [0, 0.05) is 16.6 Å². The van der Waals surface area contributed by atoms with Crippen LogP contribution in [0.1, 0.15) is 18.4 Å². The molecule has 0 amide bonds. The van der Waals surface area contributed by atoms with E-state index in [1.54, 1.807) is 6.07 Å². The molecule has 0 aliphatic rings. The third-order valence-corrected chi connectivity index (χ3v) is 6.58. The van der Waals surface area contributed by atoms with Gasteiger partial charge in [-0.15, -0.1) is 34.5 Å². The molecule has 144 valence electrons. The van der Waals surface area contributed by atoms with E-state index in [9.17, 15) is 8.42 Å².